The fraction of sp³-hybridized carbons (Fsp3) is 0.500. The van der Waals surface area contributed by atoms with Gasteiger partial charge in [-0.15, -0.1) is 11.3 Å². The van der Waals surface area contributed by atoms with Crippen LogP contribution in [0.3, 0.4) is 0 Å². The quantitative estimate of drug-likeness (QED) is 0.815. The molecule has 0 saturated heterocycles. The SMILES string of the molecule is CCCc1nc(Cc2ccccc2C)sc1CNC(C)C. The Morgan fingerprint density at radius 3 is 2.67 bits per heavy atom. The summed E-state index contributed by atoms with van der Waals surface area (Å²) in [6, 6.07) is 9.12. The van der Waals surface area contributed by atoms with Gasteiger partial charge in [0.25, 0.3) is 0 Å². The first-order chi connectivity index (χ1) is 10.1. The monoisotopic (exact) mass is 302 g/mol. The number of nitrogens with one attached hydrogen (secondary N) is 1. The van der Waals surface area contributed by atoms with Crippen molar-refractivity contribution in [3.63, 3.8) is 0 Å². The number of aromatic nitrogens is 1. The number of thiazole rings is 1. The van der Waals surface area contributed by atoms with Crippen LogP contribution in [0.2, 0.25) is 0 Å². The van der Waals surface area contributed by atoms with Gasteiger partial charge >= 0.3 is 0 Å². The maximum absolute atomic E-state index is 4.89. The fourth-order valence-electron chi connectivity index (χ4n) is 2.35. The minimum absolute atomic E-state index is 0.515. The van der Waals surface area contributed by atoms with Gasteiger partial charge in [-0.05, 0) is 24.5 Å². The number of rotatable bonds is 7. The average molecular weight is 302 g/mol. The summed E-state index contributed by atoms with van der Waals surface area (Å²) in [5.74, 6) is 0. The molecular formula is C18H26N2S. The van der Waals surface area contributed by atoms with Gasteiger partial charge in [-0.25, -0.2) is 4.98 Å². The summed E-state index contributed by atoms with van der Waals surface area (Å²) in [7, 11) is 0. The second-order valence-electron chi connectivity index (χ2n) is 5.87. The smallest absolute Gasteiger partial charge is 0.0975 e. The third kappa shape index (κ3) is 4.65. The van der Waals surface area contributed by atoms with Crippen LogP contribution in [0.1, 0.15) is 53.9 Å². The highest BCUT2D eigenvalue weighted by Gasteiger charge is 2.12. The number of hydrogen-bond donors (Lipinski definition) is 1. The van der Waals surface area contributed by atoms with E-state index in [4.69, 9.17) is 4.98 Å². The molecule has 0 aliphatic carbocycles. The zero-order valence-corrected chi connectivity index (χ0v) is 14.4. The summed E-state index contributed by atoms with van der Waals surface area (Å²) in [5, 5.41) is 4.76. The maximum Gasteiger partial charge on any atom is 0.0975 e. The Bertz CT molecular complexity index is 572. The summed E-state index contributed by atoms with van der Waals surface area (Å²) in [6.45, 7) is 9.72. The van der Waals surface area contributed by atoms with Crippen LogP contribution in [0.25, 0.3) is 0 Å². The number of benzene rings is 1. The predicted molar refractivity (Wildman–Crippen MR) is 92.1 cm³/mol. The van der Waals surface area contributed by atoms with Gasteiger partial charge in [0, 0.05) is 23.9 Å². The second kappa shape index (κ2) is 7.71. The van der Waals surface area contributed by atoms with Crippen LogP contribution in [0.4, 0.5) is 0 Å². The third-order valence-corrected chi connectivity index (χ3v) is 4.68. The van der Waals surface area contributed by atoms with Crippen molar-refractivity contribution in [2.45, 2.75) is 59.5 Å². The Morgan fingerprint density at radius 1 is 1.24 bits per heavy atom. The van der Waals surface area contributed by atoms with E-state index in [1.54, 1.807) is 0 Å². The number of hydrogen-bond acceptors (Lipinski definition) is 3. The molecule has 2 rings (SSSR count). The number of aryl methyl sites for hydroxylation is 2. The standard InChI is InChI=1S/C18H26N2S/c1-5-8-16-17(12-19-13(2)3)21-18(20-16)11-15-10-7-6-9-14(15)4/h6-7,9-10,13,19H,5,8,11-12H2,1-4H3. The lowest BCUT2D eigenvalue weighted by atomic mass is 10.1. The Hall–Kier alpha value is -1.19. The van der Waals surface area contributed by atoms with Gasteiger partial charge in [-0.3, -0.25) is 0 Å². The van der Waals surface area contributed by atoms with Crippen molar-refractivity contribution in [2.75, 3.05) is 0 Å². The Morgan fingerprint density at radius 2 is 2.00 bits per heavy atom. The minimum Gasteiger partial charge on any atom is -0.310 e. The topological polar surface area (TPSA) is 24.9 Å². The van der Waals surface area contributed by atoms with Crippen LogP contribution in [-0.4, -0.2) is 11.0 Å². The van der Waals surface area contributed by atoms with Gasteiger partial charge in [0.15, 0.2) is 0 Å². The van der Waals surface area contributed by atoms with E-state index < -0.39 is 0 Å². The van der Waals surface area contributed by atoms with E-state index in [0.29, 0.717) is 6.04 Å². The van der Waals surface area contributed by atoms with Crippen molar-refractivity contribution in [1.82, 2.24) is 10.3 Å². The molecule has 0 atom stereocenters. The maximum atomic E-state index is 4.89. The fourth-order valence-corrected chi connectivity index (χ4v) is 3.44. The summed E-state index contributed by atoms with van der Waals surface area (Å²) >= 11 is 1.87. The van der Waals surface area contributed by atoms with Gasteiger partial charge in [-0.2, -0.15) is 0 Å². The molecule has 0 aliphatic heterocycles. The van der Waals surface area contributed by atoms with E-state index in [1.165, 1.54) is 26.7 Å². The van der Waals surface area contributed by atoms with Gasteiger partial charge in [0.1, 0.15) is 0 Å². The molecule has 1 aromatic carbocycles. The van der Waals surface area contributed by atoms with Crippen molar-refractivity contribution in [3.8, 4) is 0 Å². The van der Waals surface area contributed by atoms with Crippen LogP contribution < -0.4 is 5.32 Å². The zero-order valence-electron chi connectivity index (χ0n) is 13.6. The van der Waals surface area contributed by atoms with Crippen molar-refractivity contribution < 1.29 is 0 Å². The van der Waals surface area contributed by atoms with E-state index in [9.17, 15) is 0 Å². The minimum atomic E-state index is 0.515. The molecule has 0 fully saturated rings. The largest absolute Gasteiger partial charge is 0.310 e. The number of nitrogens with zero attached hydrogens (tertiary/aromatic N) is 1. The van der Waals surface area contributed by atoms with Crippen LogP contribution in [-0.2, 0) is 19.4 Å². The first kappa shape index (κ1) is 16.2. The highest BCUT2D eigenvalue weighted by molar-refractivity contribution is 7.11. The summed E-state index contributed by atoms with van der Waals surface area (Å²) in [6.07, 6.45) is 3.19. The molecule has 1 heterocycles. The highest BCUT2D eigenvalue weighted by atomic mass is 32.1. The van der Waals surface area contributed by atoms with Crippen LogP contribution in [0, 0.1) is 6.92 Å². The van der Waals surface area contributed by atoms with E-state index >= 15 is 0 Å². The van der Waals surface area contributed by atoms with Crippen LogP contribution in [0.5, 0.6) is 0 Å². The molecule has 1 N–H and O–H groups in total. The molecule has 114 valence electrons. The molecular weight excluding hydrogens is 276 g/mol. The van der Waals surface area contributed by atoms with Gasteiger partial charge in [0.05, 0.1) is 10.7 Å². The molecule has 0 radical (unpaired) electrons. The second-order valence-corrected chi connectivity index (χ2v) is 7.03. The van der Waals surface area contributed by atoms with E-state index in [2.05, 4.69) is 57.3 Å². The van der Waals surface area contributed by atoms with Crippen LogP contribution in [0.15, 0.2) is 24.3 Å². The molecule has 0 aliphatic rings. The molecule has 1 aromatic heterocycles. The molecule has 3 heteroatoms. The molecule has 0 saturated carbocycles. The van der Waals surface area contributed by atoms with E-state index in [1.807, 2.05) is 11.3 Å². The molecule has 0 amide bonds. The van der Waals surface area contributed by atoms with E-state index in [-0.39, 0.29) is 0 Å². The third-order valence-electron chi connectivity index (χ3n) is 3.58. The highest BCUT2D eigenvalue weighted by Crippen LogP contribution is 2.23. The lowest BCUT2D eigenvalue weighted by molar-refractivity contribution is 0.589. The Balaban J connectivity index is 2.16. The Kier molecular flexibility index (Phi) is 5.95. The predicted octanol–water partition coefficient (Wildman–Crippen LogP) is 4.49. The zero-order chi connectivity index (χ0) is 15.2. The summed E-state index contributed by atoms with van der Waals surface area (Å²) in [4.78, 5) is 6.30. The van der Waals surface area contributed by atoms with Crippen molar-refractivity contribution in [3.05, 3.63) is 51.0 Å². The average Bonchev–Trinajstić information content (AvgIpc) is 2.81. The van der Waals surface area contributed by atoms with Crippen molar-refractivity contribution >= 4 is 11.3 Å². The molecule has 2 aromatic rings. The van der Waals surface area contributed by atoms with Crippen LogP contribution >= 0.6 is 11.3 Å². The van der Waals surface area contributed by atoms with E-state index in [0.717, 1.165) is 25.8 Å². The van der Waals surface area contributed by atoms with Crippen molar-refractivity contribution in [2.24, 2.45) is 0 Å². The molecule has 0 unspecified atom stereocenters. The molecule has 0 spiro atoms. The molecule has 0 bridgehead atoms. The van der Waals surface area contributed by atoms with Crippen molar-refractivity contribution in [1.29, 1.82) is 0 Å². The summed E-state index contributed by atoms with van der Waals surface area (Å²) in [5.41, 5.74) is 4.03. The first-order valence-corrected chi connectivity index (χ1v) is 8.67. The Labute approximate surface area is 132 Å². The normalized spacial score (nSPS) is 11.3. The lowest BCUT2D eigenvalue weighted by Gasteiger charge is -2.07. The van der Waals surface area contributed by atoms with Gasteiger partial charge in [0.2, 0.25) is 0 Å². The molecule has 2 nitrogen and oxygen atoms in total. The lowest BCUT2D eigenvalue weighted by Crippen LogP contribution is -2.21. The molecule has 21 heavy (non-hydrogen) atoms. The summed E-state index contributed by atoms with van der Waals surface area (Å²) < 4.78 is 0. The first-order valence-electron chi connectivity index (χ1n) is 7.85. The van der Waals surface area contributed by atoms with Gasteiger partial charge < -0.3 is 5.32 Å². The van der Waals surface area contributed by atoms with Gasteiger partial charge in [-0.1, -0.05) is 51.5 Å².